The number of amides is 2. The normalized spacial score (nSPS) is 20.5. The molecule has 1 saturated heterocycles. The second kappa shape index (κ2) is 9.37. The number of fused-ring (bicyclic) bond motifs is 1. The highest BCUT2D eigenvalue weighted by atomic mass is 19.1. The molecule has 5 rings (SSSR count). The molecule has 2 N–H and O–H groups in total. The molecular weight excluding hydrogens is 450 g/mol. The van der Waals surface area contributed by atoms with Crippen LogP contribution in [-0.2, 0) is 19.5 Å². The number of H-pyrrole nitrogens is 1. The van der Waals surface area contributed by atoms with E-state index in [1.807, 2.05) is 35.8 Å². The highest BCUT2D eigenvalue weighted by molar-refractivity contribution is 5.76. The van der Waals surface area contributed by atoms with Gasteiger partial charge in [0.05, 0.1) is 17.8 Å². The lowest BCUT2D eigenvalue weighted by molar-refractivity contribution is 0.117. The van der Waals surface area contributed by atoms with Crippen molar-refractivity contribution < 1.29 is 13.6 Å². The number of benzene rings is 1. The third-order valence-electron chi connectivity index (χ3n) is 7.02. The molecule has 2 aliphatic rings. The minimum Gasteiger partial charge on any atom is -0.332 e. The number of aromatic nitrogens is 3. The van der Waals surface area contributed by atoms with Crippen LogP contribution in [0, 0.1) is 18.6 Å². The zero-order valence-corrected chi connectivity index (χ0v) is 20.1. The summed E-state index contributed by atoms with van der Waals surface area (Å²) in [6, 6.07) is 7.73. The Labute approximate surface area is 203 Å². The van der Waals surface area contributed by atoms with Crippen molar-refractivity contribution in [3.8, 4) is 11.3 Å². The molecule has 1 unspecified atom stereocenters. The minimum absolute atomic E-state index is 0.0745. The molecule has 0 spiro atoms. The van der Waals surface area contributed by atoms with Crippen molar-refractivity contribution in [1.29, 1.82) is 0 Å². The summed E-state index contributed by atoms with van der Waals surface area (Å²) >= 11 is 0. The molecule has 0 bridgehead atoms. The van der Waals surface area contributed by atoms with Gasteiger partial charge in [0.25, 0.3) is 0 Å². The molecule has 2 aliphatic heterocycles. The maximum Gasteiger partial charge on any atom is 0.318 e. The van der Waals surface area contributed by atoms with Crippen LogP contribution >= 0.6 is 0 Å². The molecular formula is C26H30F2N6O. The molecule has 4 heterocycles. The van der Waals surface area contributed by atoms with Crippen molar-refractivity contribution in [3.63, 3.8) is 0 Å². The predicted octanol–water partition coefficient (Wildman–Crippen LogP) is 4.18. The molecule has 7 nitrogen and oxygen atoms in total. The van der Waals surface area contributed by atoms with Crippen LogP contribution in [0.15, 0.2) is 36.5 Å². The highest BCUT2D eigenvalue weighted by Crippen LogP contribution is 2.29. The van der Waals surface area contributed by atoms with Crippen molar-refractivity contribution in [1.82, 2.24) is 30.3 Å². The van der Waals surface area contributed by atoms with E-state index in [-0.39, 0.29) is 18.1 Å². The number of aromatic amines is 1. The van der Waals surface area contributed by atoms with E-state index in [0.717, 1.165) is 47.6 Å². The fourth-order valence-electron chi connectivity index (χ4n) is 5.23. The molecule has 184 valence electrons. The molecule has 1 atom stereocenters. The first-order valence-electron chi connectivity index (χ1n) is 12.0. The summed E-state index contributed by atoms with van der Waals surface area (Å²) in [5.74, 6) is -1.07. The number of pyridine rings is 1. The van der Waals surface area contributed by atoms with Gasteiger partial charge in [0.15, 0.2) is 0 Å². The topological polar surface area (TPSA) is 77.2 Å². The van der Waals surface area contributed by atoms with Crippen LogP contribution in [0.5, 0.6) is 0 Å². The summed E-state index contributed by atoms with van der Waals surface area (Å²) in [5.41, 5.74) is 4.42. The number of likely N-dealkylation sites (tertiary alicyclic amines) is 1. The van der Waals surface area contributed by atoms with E-state index < -0.39 is 17.2 Å². The number of piperidine rings is 1. The number of hydrogen-bond donors (Lipinski definition) is 2. The second-order valence-electron chi connectivity index (χ2n) is 9.89. The number of urea groups is 1. The Bertz CT molecular complexity index is 1220. The smallest absolute Gasteiger partial charge is 0.318 e. The van der Waals surface area contributed by atoms with Gasteiger partial charge in [0.2, 0.25) is 0 Å². The van der Waals surface area contributed by atoms with Gasteiger partial charge in [-0.1, -0.05) is 6.07 Å². The first-order valence-corrected chi connectivity index (χ1v) is 12.0. The Hall–Kier alpha value is -3.33. The van der Waals surface area contributed by atoms with Crippen LogP contribution in [0.2, 0.25) is 0 Å². The van der Waals surface area contributed by atoms with Crippen LogP contribution in [0.25, 0.3) is 11.3 Å². The molecule has 9 heteroatoms. The zero-order chi connectivity index (χ0) is 24.6. The highest BCUT2D eigenvalue weighted by Gasteiger charge is 2.35. The van der Waals surface area contributed by atoms with Gasteiger partial charge in [0, 0.05) is 60.3 Å². The number of rotatable bonds is 4. The van der Waals surface area contributed by atoms with E-state index in [4.69, 9.17) is 0 Å². The summed E-state index contributed by atoms with van der Waals surface area (Å²) in [4.78, 5) is 21.4. The second-order valence-corrected chi connectivity index (χ2v) is 9.89. The molecule has 0 saturated carbocycles. The third-order valence-corrected chi connectivity index (χ3v) is 7.02. The molecule has 0 aliphatic carbocycles. The van der Waals surface area contributed by atoms with Crippen LogP contribution in [0.3, 0.4) is 0 Å². The summed E-state index contributed by atoms with van der Waals surface area (Å²) in [7, 11) is 0. The van der Waals surface area contributed by atoms with Gasteiger partial charge < -0.3 is 10.2 Å². The number of carbonyl (C=O) groups excluding carboxylic acids is 1. The standard InChI is InChI=1S/C26H30F2N6O/c1-17-13-18(7-10-29-17)24-20-15-34(12-8-23(20)31-32-24)25(35)30-26(2)9-4-11-33(16-26)14-19-21(27)5-3-6-22(19)28/h3,5-7,10,13H,4,8-9,11-12,14-16H2,1-2H3,(H,30,35)(H,31,32). The fraction of sp³-hybridized carbons (Fsp3) is 0.423. The van der Waals surface area contributed by atoms with Gasteiger partial charge in [-0.15, -0.1) is 0 Å². The largest absolute Gasteiger partial charge is 0.332 e. The zero-order valence-electron chi connectivity index (χ0n) is 20.1. The average Bonchev–Trinajstić information content (AvgIpc) is 3.25. The van der Waals surface area contributed by atoms with Crippen molar-refractivity contribution in [3.05, 3.63) is 70.7 Å². The van der Waals surface area contributed by atoms with Crippen molar-refractivity contribution in [2.75, 3.05) is 19.6 Å². The lowest BCUT2D eigenvalue weighted by atomic mass is 9.90. The Morgan fingerprint density at radius 2 is 2.03 bits per heavy atom. The number of carbonyl (C=O) groups is 1. The van der Waals surface area contributed by atoms with E-state index in [1.54, 1.807) is 6.20 Å². The van der Waals surface area contributed by atoms with E-state index in [2.05, 4.69) is 20.5 Å². The molecule has 2 aromatic heterocycles. The SMILES string of the molecule is Cc1cc(-c2n[nH]c3c2CN(C(=O)NC2(C)CCCN(Cc4c(F)cccc4F)C2)CC3)ccn1. The summed E-state index contributed by atoms with van der Waals surface area (Å²) < 4.78 is 28.3. The predicted molar refractivity (Wildman–Crippen MR) is 128 cm³/mol. The molecule has 2 amide bonds. The maximum absolute atomic E-state index is 14.2. The summed E-state index contributed by atoms with van der Waals surface area (Å²) in [6.45, 7) is 6.45. The summed E-state index contributed by atoms with van der Waals surface area (Å²) in [6.07, 6.45) is 4.11. The lowest BCUT2D eigenvalue weighted by Crippen LogP contribution is -2.59. The molecule has 1 fully saturated rings. The number of nitrogens with one attached hydrogen (secondary N) is 2. The average molecular weight is 481 g/mol. The maximum atomic E-state index is 14.2. The Morgan fingerprint density at radius 1 is 1.23 bits per heavy atom. The Balaban J connectivity index is 1.27. The van der Waals surface area contributed by atoms with E-state index in [9.17, 15) is 13.6 Å². The minimum atomic E-state index is -0.536. The number of nitrogens with zero attached hydrogens (tertiary/aromatic N) is 4. The first kappa shape index (κ1) is 23.4. The molecule has 0 radical (unpaired) electrons. The fourth-order valence-corrected chi connectivity index (χ4v) is 5.23. The molecule has 3 aromatic rings. The van der Waals surface area contributed by atoms with Gasteiger partial charge in [-0.25, -0.2) is 13.6 Å². The van der Waals surface area contributed by atoms with Crippen LogP contribution in [-0.4, -0.2) is 56.2 Å². The Kier molecular flexibility index (Phi) is 6.27. The monoisotopic (exact) mass is 480 g/mol. The van der Waals surface area contributed by atoms with Crippen molar-refractivity contribution in [2.45, 2.75) is 51.7 Å². The van der Waals surface area contributed by atoms with Gasteiger partial charge in [-0.3, -0.25) is 15.0 Å². The van der Waals surface area contributed by atoms with E-state index in [1.165, 1.54) is 18.2 Å². The third kappa shape index (κ3) is 4.91. The van der Waals surface area contributed by atoms with Gasteiger partial charge in [0.1, 0.15) is 11.6 Å². The van der Waals surface area contributed by atoms with Crippen LogP contribution < -0.4 is 5.32 Å². The van der Waals surface area contributed by atoms with Gasteiger partial charge >= 0.3 is 6.03 Å². The van der Waals surface area contributed by atoms with Gasteiger partial charge in [-0.2, -0.15) is 5.10 Å². The van der Waals surface area contributed by atoms with Crippen LogP contribution in [0.1, 0.15) is 42.3 Å². The van der Waals surface area contributed by atoms with E-state index >= 15 is 0 Å². The number of halogens is 2. The molecule has 35 heavy (non-hydrogen) atoms. The first-order chi connectivity index (χ1) is 16.8. The van der Waals surface area contributed by atoms with Crippen molar-refractivity contribution >= 4 is 6.03 Å². The van der Waals surface area contributed by atoms with Crippen molar-refractivity contribution in [2.24, 2.45) is 0 Å². The lowest BCUT2D eigenvalue weighted by Gasteiger charge is -2.42. The quantitative estimate of drug-likeness (QED) is 0.587. The molecule has 1 aromatic carbocycles. The van der Waals surface area contributed by atoms with Crippen LogP contribution in [0.4, 0.5) is 13.6 Å². The Morgan fingerprint density at radius 3 is 2.80 bits per heavy atom. The number of hydrogen-bond acceptors (Lipinski definition) is 4. The van der Waals surface area contributed by atoms with Gasteiger partial charge in [-0.05, 0) is 57.5 Å². The summed E-state index contributed by atoms with van der Waals surface area (Å²) in [5, 5.41) is 10.9. The van der Waals surface area contributed by atoms with E-state index in [0.29, 0.717) is 26.1 Å². The number of aryl methyl sites for hydroxylation is 1.